The quantitative estimate of drug-likeness (QED) is 0.696. The number of carbonyl (C=O) groups excluding carboxylic acids is 2. The van der Waals surface area contributed by atoms with Crippen molar-refractivity contribution in [2.75, 3.05) is 32.7 Å². The van der Waals surface area contributed by atoms with Crippen LogP contribution in [0.4, 0.5) is 4.79 Å². The van der Waals surface area contributed by atoms with Crippen molar-refractivity contribution in [1.29, 1.82) is 0 Å². The van der Waals surface area contributed by atoms with Crippen LogP contribution in [0, 0.1) is 0 Å². The highest BCUT2D eigenvalue weighted by Gasteiger charge is 2.31. The Balaban J connectivity index is 1.85. The zero-order chi connectivity index (χ0) is 21.8. The number of imide groups is 1. The number of halogens is 2. The summed E-state index contributed by atoms with van der Waals surface area (Å²) < 4.78 is 27.1. The average molecular weight is 465 g/mol. The van der Waals surface area contributed by atoms with Gasteiger partial charge in [-0.05, 0) is 32.9 Å². The summed E-state index contributed by atoms with van der Waals surface area (Å²) in [6.45, 7) is 7.33. The smallest absolute Gasteiger partial charge is 0.321 e. The predicted molar refractivity (Wildman–Crippen MR) is 113 cm³/mol. The first-order chi connectivity index (χ1) is 13.4. The second-order valence-electron chi connectivity index (χ2n) is 7.80. The van der Waals surface area contributed by atoms with Crippen molar-refractivity contribution < 1.29 is 18.0 Å². The minimum absolute atomic E-state index is 0.0824. The standard InChI is InChI=1S/C18H26Cl2N4O4S/c1-18(2,3)22-17(26)21-15(25)7-8-23-9-11-24(12-10-23)29(27,28)16-13(19)5-4-6-14(16)20/h4-6H,7-12H2,1-3H3,(H2,21,22,25,26). The molecule has 1 aliphatic heterocycles. The molecule has 0 unspecified atom stereocenters. The second kappa shape index (κ2) is 9.61. The molecular formula is C18H26Cl2N4O4S. The van der Waals surface area contributed by atoms with E-state index in [4.69, 9.17) is 23.2 Å². The van der Waals surface area contributed by atoms with Gasteiger partial charge < -0.3 is 10.2 Å². The molecule has 0 aliphatic carbocycles. The number of benzene rings is 1. The molecule has 11 heteroatoms. The molecule has 3 amide bonds. The van der Waals surface area contributed by atoms with E-state index in [2.05, 4.69) is 10.6 Å². The summed E-state index contributed by atoms with van der Waals surface area (Å²) in [5, 5.41) is 5.12. The van der Waals surface area contributed by atoms with Crippen molar-refractivity contribution in [3.05, 3.63) is 28.2 Å². The second-order valence-corrected chi connectivity index (χ2v) is 10.5. The van der Waals surface area contributed by atoms with Crippen molar-refractivity contribution in [1.82, 2.24) is 19.8 Å². The van der Waals surface area contributed by atoms with Crippen LogP contribution >= 0.6 is 23.2 Å². The van der Waals surface area contributed by atoms with Crippen LogP contribution < -0.4 is 10.6 Å². The summed E-state index contributed by atoms with van der Waals surface area (Å²) in [7, 11) is -3.80. The number of rotatable bonds is 5. The van der Waals surface area contributed by atoms with Crippen molar-refractivity contribution in [3.8, 4) is 0 Å². The third-order valence-electron chi connectivity index (χ3n) is 4.24. The normalized spacial score (nSPS) is 16.4. The molecule has 0 atom stereocenters. The van der Waals surface area contributed by atoms with Crippen LogP contribution in [0.5, 0.6) is 0 Å². The minimum Gasteiger partial charge on any atom is -0.333 e. The SMILES string of the molecule is CC(C)(C)NC(=O)NC(=O)CCN1CCN(S(=O)(=O)c2c(Cl)cccc2Cl)CC1. The number of urea groups is 1. The molecule has 0 bridgehead atoms. The van der Waals surface area contributed by atoms with Crippen LogP contribution in [-0.2, 0) is 14.8 Å². The summed E-state index contributed by atoms with van der Waals surface area (Å²) in [4.78, 5) is 25.5. The highest BCUT2D eigenvalue weighted by atomic mass is 35.5. The van der Waals surface area contributed by atoms with Gasteiger partial charge in [0, 0.05) is 44.7 Å². The Bertz CT molecular complexity index is 843. The lowest BCUT2D eigenvalue weighted by molar-refractivity contribution is -0.120. The Kier molecular flexibility index (Phi) is 7.92. The van der Waals surface area contributed by atoms with Crippen molar-refractivity contribution in [3.63, 3.8) is 0 Å². The fourth-order valence-electron chi connectivity index (χ4n) is 2.87. The van der Waals surface area contributed by atoms with E-state index in [1.165, 1.54) is 16.4 Å². The number of hydrogen-bond acceptors (Lipinski definition) is 5. The van der Waals surface area contributed by atoms with Gasteiger partial charge in [0.25, 0.3) is 0 Å². The molecule has 0 saturated carbocycles. The monoisotopic (exact) mass is 464 g/mol. The summed E-state index contributed by atoms with van der Waals surface area (Å²) in [6.07, 6.45) is 0.140. The van der Waals surface area contributed by atoms with Gasteiger partial charge in [0.2, 0.25) is 15.9 Å². The number of amides is 3. The molecule has 8 nitrogen and oxygen atoms in total. The number of nitrogens with zero attached hydrogens (tertiary/aromatic N) is 2. The molecule has 1 fully saturated rings. The van der Waals surface area contributed by atoms with Crippen LogP contribution in [0.3, 0.4) is 0 Å². The fourth-order valence-corrected chi connectivity index (χ4v) is 5.39. The lowest BCUT2D eigenvalue weighted by Gasteiger charge is -2.34. The third kappa shape index (κ3) is 6.82. The van der Waals surface area contributed by atoms with E-state index in [-0.39, 0.29) is 40.4 Å². The number of piperazine rings is 1. The molecule has 1 heterocycles. The molecule has 2 rings (SSSR count). The topological polar surface area (TPSA) is 98.8 Å². The number of nitrogens with one attached hydrogen (secondary N) is 2. The molecule has 1 aromatic rings. The lowest BCUT2D eigenvalue weighted by Crippen LogP contribution is -2.50. The molecule has 1 saturated heterocycles. The van der Waals surface area contributed by atoms with E-state index >= 15 is 0 Å². The largest absolute Gasteiger partial charge is 0.333 e. The van der Waals surface area contributed by atoms with Crippen molar-refractivity contribution in [2.45, 2.75) is 37.6 Å². The van der Waals surface area contributed by atoms with E-state index < -0.39 is 21.6 Å². The van der Waals surface area contributed by atoms with Crippen LogP contribution in [0.25, 0.3) is 0 Å². The summed E-state index contributed by atoms with van der Waals surface area (Å²) in [5.74, 6) is -0.385. The van der Waals surface area contributed by atoms with E-state index in [0.29, 0.717) is 19.6 Å². The van der Waals surface area contributed by atoms with Crippen molar-refractivity contribution >= 4 is 45.2 Å². The first kappa shape index (κ1) is 23.9. The predicted octanol–water partition coefficient (Wildman–Crippen LogP) is 2.31. The Labute approximate surface area is 181 Å². The summed E-state index contributed by atoms with van der Waals surface area (Å²) in [5.41, 5.74) is -0.434. The molecule has 29 heavy (non-hydrogen) atoms. The van der Waals surface area contributed by atoms with Gasteiger partial charge >= 0.3 is 6.03 Å². The van der Waals surface area contributed by atoms with Crippen LogP contribution in [0.15, 0.2) is 23.1 Å². The van der Waals surface area contributed by atoms with Gasteiger partial charge in [-0.1, -0.05) is 29.3 Å². The number of sulfonamides is 1. The van der Waals surface area contributed by atoms with Crippen LogP contribution in [0.1, 0.15) is 27.2 Å². The molecule has 0 spiro atoms. The lowest BCUT2D eigenvalue weighted by atomic mass is 10.1. The Hall–Kier alpha value is -1.39. The highest BCUT2D eigenvalue weighted by Crippen LogP contribution is 2.31. The first-order valence-corrected chi connectivity index (χ1v) is 11.4. The summed E-state index contributed by atoms with van der Waals surface area (Å²) >= 11 is 12.1. The van der Waals surface area contributed by atoms with Crippen molar-refractivity contribution in [2.24, 2.45) is 0 Å². The third-order valence-corrected chi connectivity index (χ3v) is 7.10. The summed E-state index contributed by atoms with van der Waals surface area (Å²) in [6, 6.07) is 4.04. The van der Waals surface area contributed by atoms with E-state index in [1.807, 2.05) is 25.7 Å². The van der Waals surface area contributed by atoms with E-state index in [9.17, 15) is 18.0 Å². The first-order valence-electron chi connectivity index (χ1n) is 9.18. The van der Waals surface area contributed by atoms with E-state index in [1.54, 1.807) is 6.07 Å². The molecule has 1 aromatic carbocycles. The Morgan fingerprint density at radius 3 is 2.14 bits per heavy atom. The fraction of sp³-hybridized carbons (Fsp3) is 0.556. The highest BCUT2D eigenvalue weighted by molar-refractivity contribution is 7.89. The average Bonchev–Trinajstić information content (AvgIpc) is 2.58. The maximum atomic E-state index is 12.9. The van der Waals surface area contributed by atoms with Crippen LogP contribution in [0.2, 0.25) is 10.0 Å². The minimum atomic E-state index is -3.80. The maximum Gasteiger partial charge on any atom is 0.321 e. The molecular weight excluding hydrogens is 439 g/mol. The van der Waals surface area contributed by atoms with Gasteiger partial charge in [-0.25, -0.2) is 13.2 Å². The van der Waals surface area contributed by atoms with E-state index in [0.717, 1.165) is 0 Å². The number of hydrogen-bond donors (Lipinski definition) is 2. The van der Waals surface area contributed by atoms with Gasteiger partial charge in [-0.2, -0.15) is 4.31 Å². The van der Waals surface area contributed by atoms with Gasteiger partial charge in [0.15, 0.2) is 0 Å². The van der Waals surface area contributed by atoms with Crippen LogP contribution in [-0.4, -0.2) is 67.8 Å². The Morgan fingerprint density at radius 2 is 1.62 bits per heavy atom. The zero-order valence-corrected chi connectivity index (χ0v) is 19.0. The molecule has 0 aromatic heterocycles. The zero-order valence-electron chi connectivity index (χ0n) is 16.7. The maximum absolute atomic E-state index is 12.9. The molecule has 0 radical (unpaired) electrons. The van der Waals surface area contributed by atoms with Gasteiger partial charge in [-0.3, -0.25) is 10.1 Å². The van der Waals surface area contributed by atoms with Gasteiger partial charge in [0.05, 0.1) is 10.0 Å². The van der Waals surface area contributed by atoms with Gasteiger partial charge in [0.1, 0.15) is 4.90 Å². The molecule has 162 valence electrons. The molecule has 2 N–H and O–H groups in total. The Morgan fingerprint density at radius 1 is 1.07 bits per heavy atom. The number of carbonyl (C=O) groups is 2. The van der Waals surface area contributed by atoms with Gasteiger partial charge in [-0.15, -0.1) is 0 Å². The molecule has 1 aliphatic rings.